The normalized spacial score (nSPS) is 11.6. The molecule has 2 aromatic carbocycles. The summed E-state index contributed by atoms with van der Waals surface area (Å²) in [6, 6.07) is 18.0. The molecule has 2 atom stereocenters. The Kier molecular flexibility index (Phi) is 23.8. The van der Waals surface area contributed by atoms with E-state index in [2.05, 4.69) is 14.8 Å². The Morgan fingerprint density at radius 2 is 1.09 bits per heavy atom. The standard InChI is InChI=1S/C15H21NO4.C10H13NO2.C8H16O2.2H2S/c1-15(2,3)20-14(18)16-12(10-13(17)19-4)11-8-6-5-7-9-11;1-13-10(12)7-9(11)8-5-3-2-4-6-8;1-6(2)7(9)10-8(3,4)5;;/h5-9,12H,10H2,1-4H3,(H,16,18);2-6,9H,7,11H2,1H3;6H,1-5H3;2*1H2/t12-;9-;;;/m00.../s1. The van der Waals surface area contributed by atoms with E-state index in [1.165, 1.54) is 14.2 Å². The summed E-state index contributed by atoms with van der Waals surface area (Å²) in [7, 11) is 2.68. The van der Waals surface area contributed by atoms with E-state index in [9.17, 15) is 19.2 Å². The molecule has 0 saturated carbocycles. The van der Waals surface area contributed by atoms with Crippen LogP contribution >= 0.6 is 27.0 Å². The van der Waals surface area contributed by atoms with Gasteiger partial charge in [0.05, 0.1) is 39.0 Å². The summed E-state index contributed by atoms with van der Waals surface area (Å²) < 4.78 is 19.4. The van der Waals surface area contributed by atoms with Crippen molar-refractivity contribution in [2.24, 2.45) is 11.7 Å². The number of nitrogens with one attached hydrogen (secondary N) is 1. The maximum absolute atomic E-state index is 11.8. The zero-order valence-corrected chi connectivity index (χ0v) is 30.3. The number of hydrogen-bond donors (Lipinski definition) is 2. The Bertz CT molecular complexity index is 1120. The number of rotatable bonds is 8. The maximum Gasteiger partial charge on any atom is 0.408 e. The lowest BCUT2D eigenvalue weighted by Crippen LogP contribution is -2.35. The molecule has 12 heteroatoms. The summed E-state index contributed by atoms with van der Waals surface area (Å²) in [6.45, 7) is 14.6. The molecule has 0 aliphatic heterocycles. The van der Waals surface area contributed by atoms with E-state index < -0.39 is 23.7 Å². The predicted octanol–water partition coefficient (Wildman–Crippen LogP) is 6.27. The Balaban J connectivity index is -0.000000615. The van der Waals surface area contributed by atoms with Gasteiger partial charge in [-0.2, -0.15) is 27.0 Å². The maximum atomic E-state index is 11.8. The fraction of sp³-hybridized carbons (Fsp3) is 0.515. The summed E-state index contributed by atoms with van der Waals surface area (Å²) in [5.74, 6) is -0.835. The van der Waals surface area contributed by atoms with Gasteiger partial charge in [0, 0.05) is 6.04 Å². The van der Waals surface area contributed by atoms with Crippen LogP contribution in [-0.4, -0.2) is 49.4 Å². The first-order valence-electron chi connectivity index (χ1n) is 14.1. The van der Waals surface area contributed by atoms with Gasteiger partial charge in [0.2, 0.25) is 0 Å². The SMILES string of the molecule is CC(C)C(=O)OC(C)(C)C.COC(=O)C[C@H](N)c1ccccc1.COC(=O)C[C@H](NC(=O)OC(C)(C)C)c1ccccc1.S.S. The van der Waals surface area contributed by atoms with Gasteiger partial charge in [0.25, 0.3) is 0 Å². The van der Waals surface area contributed by atoms with E-state index in [4.69, 9.17) is 15.2 Å². The van der Waals surface area contributed by atoms with Crippen molar-refractivity contribution in [3.8, 4) is 0 Å². The lowest BCUT2D eigenvalue weighted by Gasteiger charge is -2.23. The van der Waals surface area contributed by atoms with Gasteiger partial charge in [-0.1, -0.05) is 74.5 Å². The molecule has 0 bridgehead atoms. The third kappa shape index (κ3) is 23.8. The van der Waals surface area contributed by atoms with Gasteiger partial charge in [-0.3, -0.25) is 14.4 Å². The average Bonchev–Trinajstić information content (AvgIpc) is 2.92. The van der Waals surface area contributed by atoms with Crippen LogP contribution in [0.25, 0.3) is 0 Å². The third-order valence-corrected chi connectivity index (χ3v) is 5.21. The van der Waals surface area contributed by atoms with Crippen molar-refractivity contribution in [1.29, 1.82) is 0 Å². The molecule has 45 heavy (non-hydrogen) atoms. The predicted molar refractivity (Wildman–Crippen MR) is 187 cm³/mol. The summed E-state index contributed by atoms with van der Waals surface area (Å²) in [5, 5.41) is 2.69. The van der Waals surface area contributed by atoms with E-state index >= 15 is 0 Å². The molecule has 3 N–H and O–H groups in total. The van der Waals surface area contributed by atoms with Crippen LogP contribution in [0.15, 0.2) is 60.7 Å². The van der Waals surface area contributed by atoms with Gasteiger partial charge in [0.15, 0.2) is 0 Å². The van der Waals surface area contributed by atoms with Crippen LogP contribution in [0, 0.1) is 5.92 Å². The number of benzene rings is 2. The molecule has 1 amide bonds. The highest BCUT2D eigenvalue weighted by Gasteiger charge is 2.23. The lowest BCUT2D eigenvalue weighted by atomic mass is 10.0. The largest absolute Gasteiger partial charge is 0.469 e. The van der Waals surface area contributed by atoms with Crippen LogP contribution < -0.4 is 11.1 Å². The van der Waals surface area contributed by atoms with Crippen LogP contribution in [0.3, 0.4) is 0 Å². The highest BCUT2D eigenvalue weighted by atomic mass is 32.1. The summed E-state index contributed by atoms with van der Waals surface area (Å²) in [4.78, 5) is 45.1. The highest BCUT2D eigenvalue weighted by Crippen LogP contribution is 2.18. The first kappa shape index (κ1) is 46.2. The minimum atomic E-state index is -0.587. The highest BCUT2D eigenvalue weighted by molar-refractivity contribution is 7.59. The first-order chi connectivity index (χ1) is 19.9. The molecule has 0 radical (unpaired) electrons. The van der Waals surface area contributed by atoms with E-state index in [0.29, 0.717) is 0 Å². The van der Waals surface area contributed by atoms with Crippen molar-refractivity contribution in [2.75, 3.05) is 14.2 Å². The first-order valence-corrected chi connectivity index (χ1v) is 14.1. The molecule has 0 fully saturated rings. The number of hydrogen-bond acceptors (Lipinski definition) is 9. The molecule has 0 heterocycles. The fourth-order valence-electron chi connectivity index (χ4n) is 3.14. The van der Waals surface area contributed by atoms with E-state index in [-0.39, 0.29) is 69.3 Å². The molecule has 0 spiro atoms. The van der Waals surface area contributed by atoms with Gasteiger partial charge in [-0.25, -0.2) is 4.79 Å². The summed E-state index contributed by atoms with van der Waals surface area (Å²) in [6.07, 6.45) is -0.282. The number of alkyl carbamates (subject to hydrolysis) is 1. The molecule has 0 aromatic heterocycles. The fourth-order valence-corrected chi connectivity index (χ4v) is 3.14. The van der Waals surface area contributed by atoms with Crippen LogP contribution in [0.4, 0.5) is 4.79 Å². The minimum Gasteiger partial charge on any atom is -0.469 e. The Labute approximate surface area is 283 Å². The zero-order chi connectivity index (χ0) is 33.2. The van der Waals surface area contributed by atoms with Gasteiger partial charge in [0.1, 0.15) is 11.2 Å². The van der Waals surface area contributed by atoms with Crippen LogP contribution in [0.5, 0.6) is 0 Å². The molecule has 0 aliphatic carbocycles. The monoisotopic (exact) mass is 670 g/mol. The van der Waals surface area contributed by atoms with Gasteiger partial charge in [-0.05, 0) is 52.7 Å². The number of nitrogens with two attached hydrogens (primary N) is 1. The molecule has 2 aromatic rings. The van der Waals surface area contributed by atoms with Crippen molar-refractivity contribution in [1.82, 2.24) is 5.32 Å². The number of carbonyl (C=O) groups is 4. The number of esters is 3. The van der Waals surface area contributed by atoms with Crippen molar-refractivity contribution in [3.63, 3.8) is 0 Å². The van der Waals surface area contributed by atoms with Gasteiger partial charge in [-0.15, -0.1) is 0 Å². The second-order valence-corrected chi connectivity index (χ2v) is 11.9. The van der Waals surface area contributed by atoms with E-state index in [1.807, 2.05) is 95.3 Å². The molecule has 2 rings (SSSR count). The van der Waals surface area contributed by atoms with Crippen LogP contribution in [0.2, 0.25) is 0 Å². The van der Waals surface area contributed by atoms with Crippen molar-refractivity contribution >= 4 is 51.0 Å². The second kappa shape index (κ2) is 23.2. The quantitative estimate of drug-likeness (QED) is 0.245. The molecule has 0 aliphatic rings. The molecule has 10 nitrogen and oxygen atoms in total. The minimum absolute atomic E-state index is 0. The number of carbonyl (C=O) groups excluding carboxylic acids is 4. The Hall–Kier alpha value is -3.22. The molecular formula is C33H54N2O8S2. The average molecular weight is 671 g/mol. The molecular weight excluding hydrogens is 617 g/mol. The third-order valence-electron chi connectivity index (χ3n) is 5.21. The summed E-state index contributed by atoms with van der Waals surface area (Å²) >= 11 is 0. The number of methoxy groups -OCH3 is 2. The van der Waals surface area contributed by atoms with Crippen LogP contribution in [-0.2, 0) is 33.3 Å². The van der Waals surface area contributed by atoms with Crippen molar-refractivity contribution < 1.29 is 38.1 Å². The lowest BCUT2D eigenvalue weighted by molar-refractivity contribution is -0.158. The Morgan fingerprint density at radius 1 is 0.689 bits per heavy atom. The van der Waals surface area contributed by atoms with Crippen molar-refractivity contribution in [3.05, 3.63) is 71.8 Å². The van der Waals surface area contributed by atoms with Gasteiger partial charge < -0.3 is 30.0 Å². The molecule has 0 saturated heterocycles. The van der Waals surface area contributed by atoms with Gasteiger partial charge >= 0.3 is 24.0 Å². The number of amides is 1. The zero-order valence-electron chi connectivity index (χ0n) is 28.3. The van der Waals surface area contributed by atoms with Crippen molar-refractivity contribution in [2.45, 2.75) is 91.5 Å². The topological polar surface area (TPSA) is 143 Å². The molecule has 0 unspecified atom stereocenters. The Morgan fingerprint density at radius 3 is 1.44 bits per heavy atom. The summed E-state index contributed by atoms with van der Waals surface area (Å²) in [5.41, 5.74) is 6.61. The van der Waals surface area contributed by atoms with Crippen LogP contribution in [0.1, 0.15) is 91.4 Å². The second-order valence-electron chi connectivity index (χ2n) is 11.9. The smallest absolute Gasteiger partial charge is 0.408 e. The number of ether oxygens (including phenoxy) is 4. The molecule has 256 valence electrons. The van der Waals surface area contributed by atoms with E-state index in [1.54, 1.807) is 20.8 Å². The van der Waals surface area contributed by atoms with E-state index in [0.717, 1.165) is 11.1 Å².